The van der Waals surface area contributed by atoms with E-state index in [1.165, 1.54) is 7.11 Å². The first-order valence-electron chi connectivity index (χ1n) is 9.95. The molecule has 32 heavy (non-hydrogen) atoms. The first-order valence-corrected chi connectivity index (χ1v) is 9.95. The highest BCUT2D eigenvalue weighted by molar-refractivity contribution is 6.38. The van der Waals surface area contributed by atoms with Gasteiger partial charge in [-0.2, -0.15) is 0 Å². The van der Waals surface area contributed by atoms with Crippen LogP contribution in [0.2, 0.25) is 0 Å². The van der Waals surface area contributed by atoms with Crippen molar-refractivity contribution in [3.05, 3.63) is 54.1 Å². The molecule has 3 N–H and O–H groups in total. The Hall–Kier alpha value is -3.88. The molecule has 0 aromatic heterocycles. The number of nitrogens with one attached hydrogen (secondary N) is 2. The fourth-order valence-corrected chi connectivity index (χ4v) is 2.74. The van der Waals surface area contributed by atoms with Crippen molar-refractivity contribution in [1.29, 1.82) is 10.8 Å². The van der Waals surface area contributed by atoms with Crippen molar-refractivity contribution in [3.63, 3.8) is 0 Å². The average Bonchev–Trinajstić information content (AvgIpc) is 2.76. The first-order chi connectivity index (χ1) is 15.3. The molecule has 2 rings (SSSR count). The van der Waals surface area contributed by atoms with E-state index in [1.807, 2.05) is 0 Å². The maximum atomic E-state index is 12.6. The Kier molecular flexibility index (Phi) is 9.22. The second-order valence-electron chi connectivity index (χ2n) is 7.00. The Labute approximate surface area is 186 Å². The molecule has 170 valence electrons. The molecule has 0 aliphatic carbocycles. The summed E-state index contributed by atoms with van der Waals surface area (Å²) in [4.78, 5) is 24.9. The van der Waals surface area contributed by atoms with Gasteiger partial charge in [-0.25, -0.2) is 4.79 Å². The number of methoxy groups -OCH3 is 1. The number of aliphatic carboxylic acids is 1. The van der Waals surface area contributed by atoms with Crippen molar-refractivity contribution in [2.24, 2.45) is 0 Å². The lowest BCUT2D eigenvalue weighted by Gasteiger charge is -2.20. The molecule has 0 saturated heterocycles. The molecule has 0 heterocycles. The van der Waals surface area contributed by atoms with Gasteiger partial charge in [-0.05, 0) is 61.7 Å². The number of carboxylic acid groups (broad SMARTS) is 1. The number of nitrogens with zero attached hydrogens (tertiary/aromatic N) is 1. The topological polar surface area (TPSA) is 133 Å². The summed E-state index contributed by atoms with van der Waals surface area (Å²) in [5, 5.41) is 24.3. The molecule has 0 bridgehead atoms. The third-order valence-electron chi connectivity index (χ3n) is 4.41. The zero-order valence-electron chi connectivity index (χ0n) is 18.1. The van der Waals surface area contributed by atoms with Crippen LogP contribution in [0.3, 0.4) is 0 Å². The van der Waals surface area contributed by atoms with Gasteiger partial charge in [-0.1, -0.05) is 12.1 Å². The molecule has 0 radical (unpaired) electrons. The molecule has 0 atom stereocenters. The Bertz CT molecular complexity index is 958. The van der Waals surface area contributed by atoms with Crippen LogP contribution in [-0.4, -0.2) is 53.8 Å². The fourth-order valence-electron chi connectivity index (χ4n) is 2.74. The molecule has 2 aromatic carbocycles. The van der Waals surface area contributed by atoms with Crippen molar-refractivity contribution < 1.29 is 28.9 Å². The fraction of sp³-hybridized carbons (Fsp3) is 0.304. The van der Waals surface area contributed by atoms with E-state index in [4.69, 9.17) is 25.0 Å². The lowest BCUT2D eigenvalue weighted by molar-refractivity contribution is -0.138. The van der Waals surface area contributed by atoms with E-state index in [0.29, 0.717) is 36.5 Å². The number of ether oxygens (including phenoxy) is 3. The number of benzene rings is 2. The molecule has 0 aliphatic heterocycles. The van der Waals surface area contributed by atoms with Crippen LogP contribution in [0.15, 0.2) is 48.5 Å². The minimum Gasteiger partial charge on any atom is -0.497 e. The average molecular weight is 441 g/mol. The molecule has 0 fully saturated rings. The van der Waals surface area contributed by atoms with E-state index < -0.39 is 18.6 Å². The summed E-state index contributed by atoms with van der Waals surface area (Å²) in [5.41, 5.74) is 1.20. The van der Waals surface area contributed by atoms with Crippen LogP contribution >= 0.6 is 0 Å². The lowest BCUT2D eigenvalue weighted by atomic mass is 10.1. The maximum absolute atomic E-state index is 12.6. The van der Waals surface area contributed by atoms with Gasteiger partial charge in [0.1, 0.15) is 23.8 Å². The van der Waals surface area contributed by atoms with Gasteiger partial charge in [0.05, 0.1) is 19.4 Å². The summed E-state index contributed by atoms with van der Waals surface area (Å²) in [6, 6.07) is 13.4. The molecule has 0 unspecified atom stereocenters. The largest absolute Gasteiger partial charge is 0.497 e. The Morgan fingerprint density at radius 1 is 1.03 bits per heavy atom. The summed E-state index contributed by atoms with van der Waals surface area (Å²) >= 11 is 0. The minimum atomic E-state index is -1.16. The van der Waals surface area contributed by atoms with Gasteiger partial charge >= 0.3 is 12.1 Å². The van der Waals surface area contributed by atoms with Crippen molar-refractivity contribution in [2.45, 2.75) is 26.3 Å². The van der Waals surface area contributed by atoms with Crippen LogP contribution < -0.4 is 14.2 Å². The van der Waals surface area contributed by atoms with E-state index in [1.54, 1.807) is 55.5 Å². The molecular formula is C23H27N3O6. The summed E-state index contributed by atoms with van der Waals surface area (Å²) in [6.45, 7) is 1.45. The van der Waals surface area contributed by atoms with Gasteiger partial charge in [-0.15, -0.1) is 0 Å². The molecule has 9 heteroatoms. The smallest absolute Gasteiger partial charge is 0.416 e. The number of hydrogen-bond acceptors (Lipinski definition) is 7. The van der Waals surface area contributed by atoms with Crippen molar-refractivity contribution >= 4 is 23.5 Å². The van der Waals surface area contributed by atoms with Crippen molar-refractivity contribution in [1.82, 2.24) is 4.90 Å². The Morgan fingerprint density at radius 3 is 2.34 bits per heavy atom. The number of hydrogen-bond donors (Lipinski definition) is 3. The van der Waals surface area contributed by atoms with Crippen LogP contribution in [0.1, 0.15) is 25.3 Å². The predicted molar refractivity (Wildman–Crippen MR) is 119 cm³/mol. The van der Waals surface area contributed by atoms with Gasteiger partial charge in [0.25, 0.3) is 0 Å². The molecule has 0 saturated carbocycles. The van der Waals surface area contributed by atoms with Crippen LogP contribution in [0.4, 0.5) is 4.79 Å². The SMILES string of the molecule is COc1ccc(OC(=O)N(CC(=O)O)Cc2cccc(OCCCC(=N)C(C)=N)c2)cc1. The monoisotopic (exact) mass is 441 g/mol. The third kappa shape index (κ3) is 8.10. The second-order valence-corrected chi connectivity index (χ2v) is 7.00. The van der Waals surface area contributed by atoms with Crippen molar-refractivity contribution in [2.75, 3.05) is 20.3 Å². The highest BCUT2D eigenvalue weighted by Gasteiger charge is 2.20. The summed E-state index contributed by atoms with van der Waals surface area (Å²) in [6.07, 6.45) is 0.265. The van der Waals surface area contributed by atoms with E-state index in [0.717, 1.165) is 4.90 Å². The number of amides is 1. The van der Waals surface area contributed by atoms with E-state index in [2.05, 4.69) is 0 Å². The lowest BCUT2D eigenvalue weighted by Crippen LogP contribution is -2.37. The number of rotatable bonds is 12. The molecule has 0 aliphatic rings. The molecule has 0 spiro atoms. The molecule has 2 aromatic rings. The molecule has 1 amide bonds. The summed E-state index contributed by atoms with van der Waals surface area (Å²) in [5.74, 6) is 0.287. The van der Waals surface area contributed by atoms with Crippen LogP contribution in [-0.2, 0) is 11.3 Å². The summed E-state index contributed by atoms with van der Waals surface area (Å²) in [7, 11) is 1.52. The van der Waals surface area contributed by atoms with Gasteiger partial charge in [0.2, 0.25) is 0 Å². The second kappa shape index (κ2) is 12.1. The van der Waals surface area contributed by atoms with Crippen LogP contribution in [0.5, 0.6) is 17.2 Å². The molecular weight excluding hydrogens is 414 g/mol. The third-order valence-corrected chi connectivity index (χ3v) is 4.41. The Morgan fingerprint density at radius 2 is 1.72 bits per heavy atom. The van der Waals surface area contributed by atoms with Crippen LogP contribution in [0, 0.1) is 10.8 Å². The van der Waals surface area contributed by atoms with Gasteiger partial charge in [0, 0.05) is 12.3 Å². The quantitative estimate of drug-likeness (QED) is 0.337. The zero-order chi connectivity index (χ0) is 23.5. The van der Waals surface area contributed by atoms with Gasteiger partial charge in [-0.3, -0.25) is 9.69 Å². The maximum Gasteiger partial charge on any atom is 0.416 e. The van der Waals surface area contributed by atoms with E-state index in [-0.39, 0.29) is 23.7 Å². The van der Waals surface area contributed by atoms with Gasteiger partial charge < -0.3 is 30.1 Å². The van der Waals surface area contributed by atoms with Gasteiger partial charge in [0.15, 0.2) is 0 Å². The highest BCUT2D eigenvalue weighted by atomic mass is 16.6. The number of carbonyl (C=O) groups is 2. The number of carbonyl (C=O) groups excluding carboxylic acids is 1. The predicted octanol–water partition coefficient (Wildman–Crippen LogP) is 4.00. The minimum absolute atomic E-state index is 0.0239. The summed E-state index contributed by atoms with van der Waals surface area (Å²) < 4.78 is 16.0. The Balaban J connectivity index is 1.99. The first kappa shape index (κ1) is 24.4. The van der Waals surface area contributed by atoms with E-state index in [9.17, 15) is 14.7 Å². The van der Waals surface area contributed by atoms with Crippen molar-refractivity contribution in [3.8, 4) is 17.2 Å². The standard InChI is InChI=1S/C23H27N3O6/c1-16(24)21(25)7-4-12-31-20-6-3-5-17(13-20)14-26(15-22(27)28)23(29)32-19-10-8-18(30-2)9-11-19/h3,5-6,8-11,13,24-25H,4,7,12,14-15H2,1-2H3,(H,27,28). The van der Waals surface area contributed by atoms with Crippen LogP contribution in [0.25, 0.3) is 0 Å². The van der Waals surface area contributed by atoms with E-state index >= 15 is 0 Å². The normalized spacial score (nSPS) is 10.2. The molecule has 9 nitrogen and oxygen atoms in total. The zero-order valence-corrected chi connectivity index (χ0v) is 18.1. The highest BCUT2D eigenvalue weighted by Crippen LogP contribution is 2.19. The number of carboxylic acids is 1.